The van der Waals surface area contributed by atoms with E-state index >= 15 is 0 Å². The van der Waals surface area contributed by atoms with Gasteiger partial charge >= 0.3 is 6.18 Å². The third-order valence-corrected chi connectivity index (χ3v) is 6.09. The largest absolute Gasteiger partial charge is 0.484 e. The SMILES string of the molecule is CC(C)(C)c1ccc(Oc2c(C(F)(F)F)oc3cc(OCC(=O)N4CCCCC4)ccc3c2=O)cc1. The zero-order valence-electron chi connectivity index (χ0n) is 20.4. The van der Waals surface area contributed by atoms with Gasteiger partial charge in [0.1, 0.15) is 17.1 Å². The fourth-order valence-electron chi connectivity index (χ4n) is 4.05. The molecule has 1 aliphatic heterocycles. The third kappa shape index (κ3) is 5.66. The molecule has 2 aromatic carbocycles. The van der Waals surface area contributed by atoms with Crippen molar-refractivity contribution in [3.05, 3.63) is 64.0 Å². The second kappa shape index (κ2) is 9.87. The summed E-state index contributed by atoms with van der Waals surface area (Å²) in [6, 6.07) is 10.4. The van der Waals surface area contributed by atoms with E-state index in [2.05, 4.69) is 0 Å². The van der Waals surface area contributed by atoms with E-state index in [4.69, 9.17) is 13.9 Å². The van der Waals surface area contributed by atoms with Crippen LogP contribution in [0.5, 0.6) is 17.2 Å². The Labute approximate surface area is 206 Å². The van der Waals surface area contributed by atoms with E-state index in [0.717, 1.165) is 24.8 Å². The van der Waals surface area contributed by atoms with Gasteiger partial charge in [-0.1, -0.05) is 32.9 Å². The summed E-state index contributed by atoms with van der Waals surface area (Å²) in [7, 11) is 0. The molecule has 1 amide bonds. The van der Waals surface area contributed by atoms with Crippen molar-refractivity contribution in [1.82, 2.24) is 4.90 Å². The van der Waals surface area contributed by atoms with Crippen molar-refractivity contribution in [3.8, 4) is 17.2 Å². The Kier molecular flexibility index (Phi) is 7.02. The van der Waals surface area contributed by atoms with Gasteiger partial charge in [0.2, 0.25) is 11.2 Å². The molecule has 4 rings (SSSR count). The molecule has 0 unspecified atom stereocenters. The number of alkyl halides is 3. The first-order valence-corrected chi connectivity index (χ1v) is 11.8. The van der Waals surface area contributed by atoms with Crippen LogP contribution in [0.2, 0.25) is 0 Å². The van der Waals surface area contributed by atoms with Crippen molar-refractivity contribution < 1.29 is 31.9 Å². The fraction of sp³-hybridized carbons (Fsp3) is 0.407. The highest BCUT2D eigenvalue weighted by molar-refractivity contribution is 5.81. The van der Waals surface area contributed by atoms with Crippen LogP contribution in [0.3, 0.4) is 0 Å². The molecule has 0 atom stereocenters. The van der Waals surface area contributed by atoms with Gasteiger partial charge in [-0.2, -0.15) is 13.2 Å². The molecular formula is C27H28F3NO5. The molecular weight excluding hydrogens is 475 g/mol. The highest BCUT2D eigenvalue weighted by Gasteiger charge is 2.40. The number of rotatable bonds is 5. The standard InChI is InChI=1S/C27H28F3NO5/c1-26(2,3)17-7-9-18(10-8-17)35-24-23(33)20-12-11-19(15-21(20)36-25(24)27(28,29)30)34-16-22(32)31-13-5-4-6-14-31/h7-12,15H,4-6,13-14,16H2,1-3H3. The molecule has 0 spiro atoms. The molecule has 192 valence electrons. The molecule has 0 saturated carbocycles. The summed E-state index contributed by atoms with van der Waals surface area (Å²) in [5.41, 5.74) is -0.469. The van der Waals surface area contributed by atoms with Crippen LogP contribution in [-0.2, 0) is 16.4 Å². The zero-order valence-corrected chi connectivity index (χ0v) is 20.4. The van der Waals surface area contributed by atoms with Gasteiger partial charge in [-0.15, -0.1) is 0 Å². The van der Waals surface area contributed by atoms with E-state index in [-0.39, 0.29) is 40.4 Å². The molecule has 3 aromatic rings. The first kappa shape index (κ1) is 25.6. The van der Waals surface area contributed by atoms with Gasteiger partial charge in [0, 0.05) is 19.2 Å². The summed E-state index contributed by atoms with van der Waals surface area (Å²) < 4.78 is 57.6. The van der Waals surface area contributed by atoms with Crippen LogP contribution in [-0.4, -0.2) is 30.5 Å². The molecule has 1 aliphatic rings. The number of piperidine rings is 1. The number of ether oxygens (including phenoxy) is 2. The highest BCUT2D eigenvalue weighted by atomic mass is 19.4. The van der Waals surface area contributed by atoms with Crippen LogP contribution in [0.25, 0.3) is 11.0 Å². The van der Waals surface area contributed by atoms with E-state index in [1.807, 2.05) is 20.8 Å². The molecule has 0 radical (unpaired) electrons. The average molecular weight is 504 g/mol. The van der Waals surface area contributed by atoms with Gasteiger partial charge in [-0.3, -0.25) is 9.59 Å². The molecule has 6 nitrogen and oxygen atoms in total. The minimum absolute atomic E-state index is 0.0799. The summed E-state index contributed by atoms with van der Waals surface area (Å²) in [5, 5.41) is -0.0981. The Balaban J connectivity index is 1.62. The molecule has 9 heteroatoms. The highest BCUT2D eigenvalue weighted by Crippen LogP contribution is 2.39. The van der Waals surface area contributed by atoms with E-state index in [1.54, 1.807) is 17.0 Å². The van der Waals surface area contributed by atoms with Crippen LogP contribution in [0.1, 0.15) is 51.4 Å². The predicted molar refractivity (Wildman–Crippen MR) is 129 cm³/mol. The van der Waals surface area contributed by atoms with E-state index in [0.29, 0.717) is 13.1 Å². The van der Waals surface area contributed by atoms with Crippen molar-refractivity contribution in [2.45, 2.75) is 51.6 Å². The molecule has 0 N–H and O–H groups in total. The van der Waals surface area contributed by atoms with Gasteiger partial charge in [-0.05, 0) is 54.5 Å². The number of benzene rings is 2. The lowest BCUT2D eigenvalue weighted by molar-refractivity contribution is -0.154. The quantitative estimate of drug-likeness (QED) is 0.409. The van der Waals surface area contributed by atoms with Crippen LogP contribution in [0.15, 0.2) is 51.7 Å². The van der Waals surface area contributed by atoms with Crippen LogP contribution < -0.4 is 14.9 Å². The Morgan fingerprint density at radius 2 is 1.61 bits per heavy atom. The Morgan fingerprint density at radius 3 is 2.22 bits per heavy atom. The van der Waals surface area contributed by atoms with Crippen molar-refractivity contribution in [2.75, 3.05) is 19.7 Å². The monoisotopic (exact) mass is 503 g/mol. The summed E-state index contributed by atoms with van der Waals surface area (Å²) in [5.74, 6) is -2.48. The lowest BCUT2D eigenvalue weighted by Crippen LogP contribution is -2.38. The number of amides is 1. The van der Waals surface area contributed by atoms with Gasteiger partial charge < -0.3 is 18.8 Å². The molecule has 0 bridgehead atoms. The zero-order chi connectivity index (χ0) is 26.1. The molecule has 36 heavy (non-hydrogen) atoms. The summed E-state index contributed by atoms with van der Waals surface area (Å²) >= 11 is 0. The first-order chi connectivity index (χ1) is 16.9. The van der Waals surface area contributed by atoms with Crippen molar-refractivity contribution in [1.29, 1.82) is 0 Å². The number of fused-ring (bicyclic) bond motifs is 1. The van der Waals surface area contributed by atoms with Crippen LogP contribution in [0, 0.1) is 0 Å². The van der Waals surface area contributed by atoms with E-state index in [9.17, 15) is 22.8 Å². The number of hydrogen-bond donors (Lipinski definition) is 0. The Morgan fingerprint density at radius 1 is 0.972 bits per heavy atom. The number of nitrogens with zero attached hydrogens (tertiary/aromatic N) is 1. The van der Waals surface area contributed by atoms with Crippen LogP contribution in [0.4, 0.5) is 13.2 Å². The smallest absolute Gasteiger partial charge is 0.453 e. The van der Waals surface area contributed by atoms with Gasteiger partial charge in [0.25, 0.3) is 11.7 Å². The number of carbonyl (C=O) groups excluding carboxylic acids is 1. The second-order valence-corrected chi connectivity index (χ2v) is 9.85. The molecule has 1 fully saturated rings. The van der Waals surface area contributed by atoms with Crippen molar-refractivity contribution >= 4 is 16.9 Å². The number of carbonyl (C=O) groups is 1. The van der Waals surface area contributed by atoms with E-state index in [1.165, 1.54) is 30.3 Å². The van der Waals surface area contributed by atoms with E-state index < -0.39 is 23.1 Å². The molecule has 2 heterocycles. The van der Waals surface area contributed by atoms with Crippen molar-refractivity contribution in [2.24, 2.45) is 0 Å². The Bertz CT molecular complexity index is 1300. The maximum atomic E-state index is 13.8. The minimum atomic E-state index is -4.98. The lowest BCUT2D eigenvalue weighted by Gasteiger charge is -2.26. The second-order valence-electron chi connectivity index (χ2n) is 9.85. The molecule has 0 aliphatic carbocycles. The summed E-state index contributed by atoms with van der Waals surface area (Å²) in [4.78, 5) is 27.1. The predicted octanol–water partition coefficient (Wildman–Crippen LogP) is 6.29. The number of halogens is 3. The topological polar surface area (TPSA) is 69.0 Å². The summed E-state index contributed by atoms with van der Waals surface area (Å²) in [6.07, 6.45) is -2.05. The van der Waals surface area contributed by atoms with Gasteiger partial charge in [0.15, 0.2) is 6.61 Å². The average Bonchev–Trinajstić information content (AvgIpc) is 2.83. The maximum absolute atomic E-state index is 13.8. The minimum Gasteiger partial charge on any atom is -0.484 e. The normalized spacial score (nSPS) is 14.7. The Hall–Kier alpha value is -3.49. The summed E-state index contributed by atoms with van der Waals surface area (Å²) in [6.45, 7) is 7.07. The van der Waals surface area contributed by atoms with Crippen LogP contribution >= 0.6 is 0 Å². The molecule has 1 aromatic heterocycles. The lowest BCUT2D eigenvalue weighted by atomic mass is 9.87. The maximum Gasteiger partial charge on any atom is 0.453 e. The number of likely N-dealkylation sites (tertiary alicyclic amines) is 1. The fourth-order valence-corrected chi connectivity index (χ4v) is 4.05. The number of hydrogen-bond acceptors (Lipinski definition) is 5. The van der Waals surface area contributed by atoms with Crippen molar-refractivity contribution in [3.63, 3.8) is 0 Å². The molecule has 1 saturated heterocycles. The van der Waals surface area contributed by atoms with Gasteiger partial charge in [-0.25, -0.2) is 0 Å². The first-order valence-electron chi connectivity index (χ1n) is 11.8. The third-order valence-electron chi connectivity index (χ3n) is 6.09. The van der Waals surface area contributed by atoms with Gasteiger partial charge in [0.05, 0.1) is 5.39 Å².